The molecule has 1 fully saturated rings. The molecule has 1 aromatic rings. The first-order chi connectivity index (χ1) is 5.27. The Balaban J connectivity index is 2.14. The third-order valence-corrected chi connectivity index (χ3v) is 2.21. The third-order valence-electron chi connectivity index (χ3n) is 2.21. The molecule has 1 atom stereocenters. The lowest BCUT2D eigenvalue weighted by Crippen LogP contribution is -2.10. The molecule has 1 heterocycles. The van der Waals surface area contributed by atoms with Crippen molar-refractivity contribution in [3.8, 4) is 0 Å². The summed E-state index contributed by atoms with van der Waals surface area (Å²) in [4.78, 5) is 0. The summed E-state index contributed by atoms with van der Waals surface area (Å²) in [6, 6.07) is 2.17. The van der Waals surface area contributed by atoms with Gasteiger partial charge in [0.05, 0.1) is 12.3 Å². The van der Waals surface area contributed by atoms with Crippen LogP contribution < -0.4 is 5.73 Å². The van der Waals surface area contributed by atoms with Crippen molar-refractivity contribution in [1.82, 2.24) is 0 Å². The second kappa shape index (κ2) is 2.38. The second-order valence-corrected chi connectivity index (χ2v) is 3.39. The molecule has 2 rings (SSSR count). The molecule has 2 N–H and O–H groups in total. The molecular weight excluding hydrogens is 138 g/mol. The number of aryl methyl sites for hydroxylation is 1. The standard InChI is InChI=1S/C9H13NO/c1-6-4-8(11-5-6)9(10)7-2-3-7/h4-5,7,9H,2-3,10H2,1H3/t9-/m1/s1. The fraction of sp³-hybridized carbons (Fsp3) is 0.556. The van der Waals surface area contributed by atoms with E-state index in [9.17, 15) is 0 Å². The van der Waals surface area contributed by atoms with E-state index < -0.39 is 0 Å². The number of nitrogens with two attached hydrogens (primary N) is 1. The molecule has 0 aromatic carbocycles. The molecular formula is C9H13NO. The first-order valence-electron chi connectivity index (χ1n) is 4.08. The minimum Gasteiger partial charge on any atom is -0.467 e. The number of hydrogen-bond acceptors (Lipinski definition) is 2. The predicted molar refractivity (Wildman–Crippen MR) is 43.1 cm³/mol. The maximum Gasteiger partial charge on any atom is 0.121 e. The van der Waals surface area contributed by atoms with Gasteiger partial charge in [0.1, 0.15) is 5.76 Å². The Labute approximate surface area is 66.4 Å². The normalized spacial score (nSPS) is 20.2. The second-order valence-electron chi connectivity index (χ2n) is 3.39. The van der Waals surface area contributed by atoms with Gasteiger partial charge >= 0.3 is 0 Å². The molecule has 2 heteroatoms. The van der Waals surface area contributed by atoms with Gasteiger partial charge in [-0.25, -0.2) is 0 Å². The van der Waals surface area contributed by atoms with Gasteiger partial charge < -0.3 is 10.2 Å². The number of hydrogen-bond donors (Lipinski definition) is 1. The van der Waals surface area contributed by atoms with E-state index in [0.29, 0.717) is 5.92 Å². The maximum absolute atomic E-state index is 5.92. The van der Waals surface area contributed by atoms with Gasteiger partial charge in [-0.15, -0.1) is 0 Å². The van der Waals surface area contributed by atoms with Gasteiger partial charge in [-0.05, 0) is 37.3 Å². The van der Waals surface area contributed by atoms with Crippen LogP contribution in [0.5, 0.6) is 0 Å². The van der Waals surface area contributed by atoms with Crippen LogP contribution in [-0.2, 0) is 0 Å². The molecule has 1 saturated carbocycles. The summed E-state index contributed by atoms with van der Waals surface area (Å²) < 4.78 is 5.30. The van der Waals surface area contributed by atoms with Crippen LogP contribution in [0, 0.1) is 12.8 Å². The van der Waals surface area contributed by atoms with Gasteiger partial charge in [0.25, 0.3) is 0 Å². The number of furan rings is 1. The minimum atomic E-state index is 0.142. The lowest BCUT2D eigenvalue weighted by molar-refractivity contribution is 0.442. The highest BCUT2D eigenvalue weighted by Gasteiger charge is 2.31. The van der Waals surface area contributed by atoms with Gasteiger partial charge in [0.2, 0.25) is 0 Å². The van der Waals surface area contributed by atoms with E-state index >= 15 is 0 Å². The summed E-state index contributed by atoms with van der Waals surface area (Å²) in [6.07, 6.45) is 4.29. The fourth-order valence-corrected chi connectivity index (χ4v) is 1.32. The Kier molecular flexibility index (Phi) is 1.50. The summed E-state index contributed by atoms with van der Waals surface area (Å²) in [5.74, 6) is 1.63. The van der Waals surface area contributed by atoms with Crippen LogP contribution in [0.1, 0.15) is 30.2 Å². The predicted octanol–water partition coefficient (Wildman–Crippen LogP) is 2.00. The van der Waals surface area contributed by atoms with Crippen molar-refractivity contribution in [3.05, 3.63) is 23.7 Å². The lowest BCUT2D eigenvalue weighted by Gasteiger charge is -2.04. The van der Waals surface area contributed by atoms with E-state index in [2.05, 4.69) is 0 Å². The van der Waals surface area contributed by atoms with Gasteiger partial charge in [0.15, 0.2) is 0 Å². The van der Waals surface area contributed by atoms with Crippen molar-refractivity contribution in [2.24, 2.45) is 11.7 Å². The van der Waals surface area contributed by atoms with Gasteiger partial charge in [-0.2, -0.15) is 0 Å². The first kappa shape index (κ1) is 6.92. The highest BCUT2D eigenvalue weighted by molar-refractivity contribution is 5.15. The van der Waals surface area contributed by atoms with Crippen LogP contribution in [0.3, 0.4) is 0 Å². The Morgan fingerprint density at radius 3 is 2.82 bits per heavy atom. The molecule has 2 nitrogen and oxygen atoms in total. The van der Waals surface area contributed by atoms with Crippen molar-refractivity contribution in [3.63, 3.8) is 0 Å². The lowest BCUT2D eigenvalue weighted by atomic mass is 10.1. The Morgan fingerprint density at radius 1 is 1.64 bits per heavy atom. The summed E-state index contributed by atoms with van der Waals surface area (Å²) in [7, 11) is 0. The molecule has 1 aromatic heterocycles. The van der Waals surface area contributed by atoms with E-state index in [-0.39, 0.29) is 6.04 Å². The van der Waals surface area contributed by atoms with E-state index in [1.165, 1.54) is 12.8 Å². The molecule has 0 bridgehead atoms. The zero-order chi connectivity index (χ0) is 7.84. The van der Waals surface area contributed by atoms with Crippen LogP contribution in [0.25, 0.3) is 0 Å². The van der Waals surface area contributed by atoms with Gasteiger partial charge in [-0.1, -0.05) is 0 Å². The highest BCUT2D eigenvalue weighted by Crippen LogP contribution is 2.39. The van der Waals surface area contributed by atoms with E-state index in [1.807, 2.05) is 13.0 Å². The SMILES string of the molecule is Cc1coc([C@H](N)C2CC2)c1. The Morgan fingerprint density at radius 2 is 2.36 bits per heavy atom. The van der Waals surface area contributed by atoms with Gasteiger partial charge in [-0.3, -0.25) is 0 Å². The smallest absolute Gasteiger partial charge is 0.121 e. The molecule has 1 aliphatic carbocycles. The van der Waals surface area contributed by atoms with Crippen LogP contribution in [0.4, 0.5) is 0 Å². The van der Waals surface area contributed by atoms with Crippen LogP contribution in [-0.4, -0.2) is 0 Å². The molecule has 0 spiro atoms. The largest absolute Gasteiger partial charge is 0.467 e. The zero-order valence-corrected chi connectivity index (χ0v) is 6.71. The summed E-state index contributed by atoms with van der Waals surface area (Å²) in [5, 5.41) is 0. The molecule has 0 amide bonds. The fourth-order valence-electron chi connectivity index (χ4n) is 1.32. The van der Waals surface area contributed by atoms with Crippen molar-refractivity contribution in [2.75, 3.05) is 0 Å². The first-order valence-corrected chi connectivity index (χ1v) is 4.08. The third kappa shape index (κ3) is 1.31. The van der Waals surface area contributed by atoms with E-state index in [4.69, 9.17) is 10.2 Å². The summed E-state index contributed by atoms with van der Waals surface area (Å²) in [6.45, 7) is 2.02. The molecule has 0 unspecified atom stereocenters. The summed E-state index contributed by atoms with van der Waals surface area (Å²) >= 11 is 0. The Bertz CT molecular complexity index is 250. The molecule has 11 heavy (non-hydrogen) atoms. The minimum absolute atomic E-state index is 0.142. The molecule has 1 aliphatic rings. The molecule has 0 aliphatic heterocycles. The van der Waals surface area contributed by atoms with E-state index in [1.54, 1.807) is 6.26 Å². The van der Waals surface area contributed by atoms with Crippen molar-refractivity contribution in [1.29, 1.82) is 0 Å². The van der Waals surface area contributed by atoms with E-state index in [0.717, 1.165) is 11.3 Å². The molecule has 0 saturated heterocycles. The molecule has 0 radical (unpaired) electrons. The Hall–Kier alpha value is -0.760. The zero-order valence-electron chi connectivity index (χ0n) is 6.71. The van der Waals surface area contributed by atoms with Gasteiger partial charge in [0, 0.05) is 0 Å². The van der Waals surface area contributed by atoms with Crippen molar-refractivity contribution in [2.45, 2.75) is 25.8 Å². The molecule has 60 valence electrons. The van der Waals surface area contributed by atoms with Crippen molar-refractivity contribution >= 4 is 0 Å². The van der Waals surface area contributed by atoms with Crippen LogP contribution in [0.15, 0.2) is 16.7 Å². The summed E-state index contributed by atoms with van der Waals surface area (Å²) in [5.41, 5.74) is 7.08. The van der Waals surface area contributed by atoms with Crippen LogP contribution in [0.2, 0.25) is 0 Å². The maximum atomic E-state index is 5.92. The monoisotopic (exact) mass is 151 g/mol. The van der Waals surface area contributed by atoms with Crippen LogP contribution >= 0.6 is 0 Å². The average molecular weight is 151 g/mol. The van der Waals surface area contributed by atoms with Crippen molar-refractivity contribution < 1.29 is 4.42 Å². The topological polar surface area (TPSA) is 39.2 Å². The highest BCUT2D eigenvalue weighted by atomic mass is 16.3. The average Bonchev–Trinajstić information content (AvgIpc) is 2.74. The number of rotatable bonds is 2. The quantitative estimate of drug-likeness (QED) is 0.702.